The van der Waals surface area contributed by atoms with Gasteiger partial charge in [0.05, 0.1) is 6.42 Å². The van der Waals surface area contributed by atoms with Crippen molar-refractivity contribution in [3.63, 3.8) is 0 Å². The Bertz CT molecular complexity index is 278. The fourth-order valence-electron chi connectivity index (χ4n) is 3.59. The number of carbonyl (C=O) groups is 1. The van der Waals surface area contributed by atoms with Crippen molar-refractivity contribution in [1.82, 2.24) is 0 Å². The largest absolute Gasteiger partial charge is 0.481 e. The minimum atomic E-state index is -0.756. The minimum absolute atomic E-state index is 0. The summed E-state index contributed by atoms with van der Waals surface area (Å²) in [5.74, 6) is 0.427. The zero-order valence-corrected chi connectivity index (χ0v) is 10.1. The highest BCUT2D eigenvalue weighted by Gasteiger charge is 2.59. The second-order valence-electron chi connectivity index (χ2n) is 5.65. The van der Waals surface area contributed by atoms with Crippen molar-refractivity contribution in [3.8, 4) is 0 Å². The molecule has 3 aliphatic carbocycles. The van der Waals surface area contributed by atoms with Gasteiger partial charge in [-0.3, -0.25) is 4.79 Å². The highest BCUT2D eigenvalue weighted by Crippen LogP contribution is 2.62. The molecule has 0 aromatic rings. The summed E-state index contributed by atoms with van der Waals surface area (Å²) in [6.45, 7) is 4.46. The van der Waals surface area contributed by atoms with Crippen LogP contribution in [0.4, 0.5) is 0 Å². The van der Waals surface area contributed by atoms with Gasteiger partial charge in [0.2, 0.25) is 0 Å². The zero-order valence-electron chi connectivity index (χ0n) is 9.32. The summed E-state index contributed by atoms with van der Waals surface area (Å²) in [5, 5.41) is 8.86. The Morgan fingerprint density at radius 2 is 2.13 bits per heavy atom. The van der Waals surface area contributed by atoms with Crippen LogP contribution >= 0.6 is 12.4 Å². The average Bonchev–Trinajstić information content (AvgIpc) is 2.00. The molecule has 0 aromatic heterocycles. The molecule has 88 valence electrons. The summed E-state index contributed by atoms with van der Waals surface area (Å²) >= 11 is 0. The Hall–Kier alpha value is -0.280. The normalized spacial score (nSPS) is 41.3. The summed E-state index contributed by atoms with van der Waals surface area (Å²) < 4.78 is 0. The standard InChI is InChI=1S/C11H19NO2.ClH/c1-10(2)7-3-4-11(12,6-9(13)14)8(10)5-7;/h7-8H,3-6,12H2,1-2H3,(H,13,14);1H. The van der Waals surface area contributed by atoms with Crippen LogP contribution in [0.2, 0.25) is 0 Å². The van der Waals surface area contributed by atoms with Crippen LogP contribution < -0.4 is 5.73 Å². The summed E-state index contributed by atoms with van der Waals surface area (Å²) in [4.78, 5) is 10.8. The summed E-state index contributed by atoms with van der Waals surface area (Å²) in [5.41, 5.74) is 6.06. The highest BCUT2D eigenvalue weighted by atomic mass is 35.5. The van der Waals surface area contributed by atoms with Crippen molar-refractivity contribution in [3.05, 3.63) is 0 Å². The van der Waals surface area contributed by atoms with Gasteiger partial charge >= 0.3 is 5.97 Å². The zero-order chi connectivity index (χ0) is 10.6. The first kappa shape index (κ1) is 12.8. The van der Waals surface area contributed by atoms with E-state index in [0.717, 1.165) is 25.2 Å². The molecule has 3 N–H and O–H groups in total. The van der Waals surface area contributed by atoms with Gasteiger partial charge in [0.25, 0.3) is 0 Å². The van der Waals surface area contributed by atoms with Gasteiger partial charge in [-0.15, -0.1) is 12.4 Å². The van der Waals surface area contributed by atoms with Crippen molar-refractivity contribution in [2.75, 3.05) is 0 Å². The number of carboxylic acid groups (broad SMARTS) is 1. The van der Waals surface area contributed by atoms with E-state index in [4.69, 9.17) is 10.8 Å². The molecule has 0 radical (unpaired) electrons. The lowest BCUT2D eigenvalue weighted by Gasteiger charge is -2.64. The molecular weight excluding hydrogens is 214 g/mol. The van der Waals surface area contributed by atoms with Crippen molar-refractivity contribution in [2.45, 2.75) is 45.1 Å². The molecule has 15 heavy (non-hydrogen) atoms. The van der Waals surface area contributed by atoms with Crippen molar-refractivity contribution < 1.29 is 9.90 Å². The van der Waals surface area contributed by atoms with Gasteiger partial charge in [-0.1, -0.05) is 13.8 Å². The summed E-state index contributed by atoms with van der Waals surface area (Å²) in [6.07, 6.45) is 3.26. The van der Waals surface area contributed by atoms with Gasteiger partial charge in [0, 0.05) is 5.54 Å². The number of hydrogen-bond acceptors (Lipinski definition) is 2. The van der Waals surface area contributed by atoms with Gasteiger partial charge in [0.1, 0.15) is 0 Å². The minimum Gasteiger partial charge on any atom is -0.481 e. The number of fused-ring (bicyclic) bond motifs is 2. The molecule has 3 saturated carbocycles. The third-order valence-electron chi connectivity index (χ3n) is 4.60. The van der Waals surface area contributed by atoms with Crippen LogP contribution in [-0.4, -0.2) is 16.6 Å². The SMILES string of the molecule is CC1(C)C2CCC(N)(CC(=O)O)C1C2.Cl. The van der Waals surface area contributed by atoms with E-state index in [-0.39, 0.29) is 24.2 Å². The van der Waals surface area contributed by atoms with E-state index in [9.17, 15) is 4.79 Å². The van der Waals surface area contributed by atoms with E-state index < -0.39 is 11.5 Å². The van der Waals surface area contributed by atoms with Crippen LogP contribution in [0.15, 0.2) is 0 Å². The molecule has 0 saturated heterocycles. The quantitative estimate of drug-likeness (QED) is 0.767. The number of hydrogen-bond donors (Lipinski definition) is 2. The van der Waals surface area contributed by atoms with Crippen molar-refractivity contribution >= 4 is 18.4 Å². The fraction of sp³-hybridized carbons (Fsp3) is 0.909. The highest BCUT2D eigenvalue weighted by molar-refractivity contribution is 5.85. The number of aliphatic carboxylic acids is 1. The van der Waals surface area contributed by atoms with Crippen LogP contribution in [0.1, 0.15) is 39.5 Å². The summed E-state index contributed by atoms with van der Waals surface area (Å²) in [7, 11) is 0. The van der Waals surface area contributed by atoms with E-state index in [1.807, 2.05) is 0 Å². The Balaban J connectivity index is 0.00000112. The first-order valence-electron chi connectivity index (χ1n) is 5.37. The maximum Gasteiger partial charge on any atom is 0.305 e. The van der Waals surface area contributed by atoms with E-state index >= 15 is 0 Å². The molecular formula is C11H20ClNO2. The molecule has 3 rings (SSSR count). The topological polar surface area (TPSA) is 63.3 Å². The lowest BCUT2D eigenvalue weighted by Crippen LogP contribution is -2.66. The fourth-order valence-corrected chi connectivity index (χ4v) is 3.59. The molecule has 0 amide bonds. The molecule has 3 fully saturated rings. The molecule has 3 unspecified atom stereocenters. The molecule has 3 aliphatic rings. The monoisotopic (exact) mass is 233 g/mol. The van der Waals surface area contributed by atoms with E-state index in [1.165, 1.54) is 0 Å². The van der Waals surface area contributed by atoms with Crippen molar-refractivity contribution in [1.29, 1.82) is 0 Å². The molecule has 3 nitrogen and oxygen atoms in total. The third kappa shape index (κ3) is 1.76. The van der Waals surface area contributed by atoms with E-state index in [1.54, 1.807) is 0 Å². The summed E-state index contributed by atoms with van der Waals surface area (Å²) in [6, 6.07) is 0. The van der Waals surface area contributed by atoms with Gasteiger partial charge in [-0.2, -0.15) is 0 Å². The smallest absolute Gasteiger partial charge is 0.305 e. The second-order valence-corrected chi connectivity index (χ2v) is 5.65. The molecule has 0 heterocycles. The first-order valence-corrected chi connectivity index (χ1v) is 5.37. The second kappa shape index (κ2) is 3.63. The Labute approximate surface area is 96.8 Å². The predicted octanol–water partition coefficient (Wildman–Crippen LogP) is 2.04. The van der Waals surface area contributed by atoms with Gasteiger partial charge in [-0.25, -0.2) is 0 Å². The average molecular weight is 234 g/mol. The third-order valence-corrected chi connectivity index (χ3v) is 4.60. The maximum atomic E-state index is 10.8. The lowest BCUT2D eigenvalue weighted by molar-refractivity contribution is -0.150. The molecule has 0 aromatic carbocycles. The van der Waals surface area contributed by atoms with Crippen LogP contribution in [0.5, 0.6) is 0 Å². The number of halogens is 1. The van der Waals surface area contributed by atoms with Crippen LogP contribution in [0.3, 0.4) is 0 Å². The molecule has 4 heteroatoms. The molecule has 2 bridgehead atoms. The van der Waals surface area contributed by atoms with E-state index in [0.29, 0.717) is 5.92 Å². The molecule has 0 spiro atoms. The number of carboxylic acids is 1. The maximum absolute atomic E-state index is 10.8. The molecule has 0 aliphatic heterocycles. The van der Waals surface area contributed by atoms with Gasteiger partial charge < -0.3 is 10.8 Å². The van der Waals surface area contributed by atoms with Crippen molar-refractivity contribution in [2.24, 2.45) is 23.0 Å². The Kier molecular flexibility index (Phi) is 3.10. The van der Waals surface area contributed by atoms with E-state index in [2.05, 4.69) is 13.8 Å². The van der Waals surface area contributed by atoms with Gasteiger partial charge in [-0.05, 0) is 36.5 Å². The van der Waals surface area contributed by atoms with Crippen LogP contribution in [0, 0.1) is 17.3 Å². The van der Waals surface area contributed by atoms with Gasteiger partial charge in [0.15, 0.2) is 0 Å². The molecule has 3 atom stereocenters. The Morgan fingerprint density at radius 1 is 1.53 bits per heavy atom. The number of rotatable bonds is 2. The first-order chi connectivity index (χ1) is 6.36. The van der Waals surface area contributed by atoms with Crippen LogP contribution in [-0.2, 0) is 4.79 Å². The predicted molar refractivity (Wildman–Crippen MR) is 61.0 cm³/mol. The number of nitrogens with two attached hydrogens (primary N) is 1. The van der Waals surface area contributed by atoms with Crippen LogP contribution in [0.25, 0.3) is 0 Å². The lowest BCUT2D eigenvalue weighted by atomic mass is 9.43. The Morgan fingerprint density at radius 3 is 2.53 bits per heavy atom.